The molecule has 0 saturated heterocycles. The van der Waals surface area contributed by atoms with Crippen molar-refractivity contribution in [2.24, 2.45) is 0 Å². The molecule has 72 valence electrons. The zero-order chi connectivity index (χ0) is 10.1. The number of aldehydes is 1. The fourth-order valence-electron chi connectivity index (χ4n) is 0.672. The second-order valence-corrected chi connectivity index (χ2v) is 4.55. The first-order valence-electron chi connectivity index (χ1n) is 3.41. The van der Waals surface area contributed by atoms with E-state index in [9.17, 15) is 13.2 Å². The van der Waals surface area contributed by atoms with Crippen molar-refractivity contribution in [3.05, 3.63) is 18.0 Å². The van der Waals surface area contributed by atoms with Gasteiger partial charge in [0, 0.05) is 14.1 Å². The molecular formula is C6H9N3O3S. The second-order valence-electron chi connectivity index (χ2n) is 2.55. The molecular weight excluding hydrogens is 194 g/mol. The molecule has 0 aromatic carbocycles. The summed E-state index contributed by atoms with van der Waals surface area (Å²) in [5.41, 5.74) is 0.227. The second kappa shape index (κ2) is 3.27. The van der Waals surface area contributed by atoms with Gasteiger partial charge in [0.1, 0.15) is 0 Å². The molecule has 0 aliphatic carbocycles. The molecule has 7 heteroatoms. The van der Waals surface area contributed by atoms with Crippen LogP contribution in [0.4, 0.5) is 0 Å². The van der Waals surface area contributed by atoms with E-state index < -0.39 is 10.2 Å². The van der Waals surface area contributed by atoms with Gasteiger partial charge in [-0.25, -0.2) is 0 Å². The maximum Gasteiger partial charge on any atom is 0.322 e. The van der Waals surface area contributed by atoms with Crippen LogP contribution >= 0.6 is 0 Å². The molecule has 1 aromatic rings. The van der Waals surface area contributed by atoms with E-state index in [2.05, 4.69) is 5.10 Å². The Bertz CT molecular complexity index is 407. The van der Waals surface area contributed by atoms with Crippen LogP contribution in [0.2, 0.25) is 0 Å². The molecule has 0 radical (unpaired) electrons. The quantitative estimate of drug-likeness (QED) is 0.612. The van der Waals surface area contributed by atoms with E-state index in [-0.39, 0.29) is 5.56 Å². The summed E-state index contributed by atoms with van der Waals surface area (Å²) in [6, 6.07) is 0. The number of carbonyl (C=O) groups is 1. The number of nitrogens with zero attached hydrogens (tertiary/aromatic N) is 3. The van der Waals surface area contributed by atoms with Crippen LogP contribution in [0.1, 0.15) is 10.4 Å². The molecule has 0 N–H and O–H groups in total. The van der Waals surface area contributed by atoms with Crippen LogP contribution in [-0.4, -0.2) is 42.3 Å². The lowest BCUT2D eigenvalue weighted by atomic mass is 10.4. The van der Waals surface area contributed by atoms with Gasteiger partial charge in [-0.1, -0.05) is 0 Å². The van der Waals surface area contributed by atoms with E-state index in [1.165, 1.54) is 20.3 Å². The van der Waals surface area contributed by atoms with Gasteiger partial charge in [0.25, 0.3) is 0 Å². The van der Waals surface area contributed by atoms with Crippen LogP contribution in [0.25, 0.3) is 0 Å². The van der Waals surface area contributed by atoms with E-state index in [1.807, 2.05) is 0 Å². The fraction of sp³-hybridized carbons (Fsp3) is 0.333. The fourth-order valence-corrected chi connectivity index (χ4v) is 1.43. The van der Waals surface area contributed by atoms with E-state index >= 15 is 0 Å². The van der Waals surface area contributed by atoms with Crippen molar-refractivity contribution < 1.29 is 13.2 Å². The van der Waals surface area contributed by atoms with Gasteiger partial charge in [0.2, 0.25) is 0 Å². The zero-order valence-electron chi connectivity index (χ0n) is 7.21. The average molecular weight is 203 g/mol. The molecule has 6 nitrogen and oxygen atoms in total. The third-order valence-corrected chi connectivity index (χ3v) is 3.01. The van der Waals surface area contributed by atoms with Gasteiger partial charge < -0.3 is 0 Å². The smallest absolute Gasteiger partial charge is 0.298 e. The molecule has 0 saturated carbocycles. The third-order valence-electron chi connectivity index (χ3n) is 1.41. The van der Waals surface area contributed by atoms with Gasteiger partial charge in [-0.15, -0.1) is 0 Å². The number of hydrogen-bond acceptors (Lipinski definition) is 4. The lowest BCUT2D eigenvalue weighted by Gasteiger charge is -2.09. The highest BCUT2D eigenvalue weighted by Gasteiger charge is 2.16. The summed E-state index contributed by atoms with van der Waals surface area (Å²) in [4.78, 5) is 10.3. The number of aromatic nitrogens is 2. The minimum absolute atomic E-state index is 0.227. The lowest BCUT2D eigenvalue weighted by molar-refractivity contribution is 0.112. The summed E-state index contributed by atoms with van der Waals surface area (Å²) in [5.74, 6) is 0. The van der Waals surface area contributed by atoms with Crippen LogP contribution in [0, 0.1) is 0 Å². The topological polar surface area (TPSA) is 72.3 Å². The number of carbonyl (C=O) groups excluding carboxylic acids is 1. The minimum atomic E-state index is -3.59. The Kier molecular flexibility index (Phi) is 2.48. The largest absolute Gasteiger partial charge is 0.322 e. The highest BCUT2D eigenvalue weighted by Crippen LogP contribution is 2.01. The van der Waals surface area contributed by atoms with Crippen molar-refractivity contribution >= 4 is 16.5 Å². The van der Waals surface area contributed by atoms with Gasteiger partial charge >= 0.3 is 10.2 Å². The molecule has 1 rings (SSSR count). The van der Waals surface area contributed by atoms with E-state index in [1.54, 1.807) is 0 Å². The van der Waals surface area contributed by atoms with Gasteiger partial charge in [-0.2, -0.15) is 21.9 Å². The summed E-state index contributed by atoms with van der Waals surface area (Å²) in [7, 11) is -0.813. The molecule has 0 aliphatic rings. The molecule has 0 aliphatic heterocycles. The molecule has 0 fully saturated rings. The zero-order valence-corrected chi connectivity index (χ0v) is 8.02. The number of rotatable bonds is 3. The molecule has 13 heavy (non-hydrogen) atoms. The molecule has 0 unspecified atom stereocenters. The summed E-state index contributed by atoms with van der Waals surface area (Å²) in [6.07, 6.45) is 2.88. The first-order chi connectivity index (χ1) is 5.98. The van der Waals surface area contributed by atoms with Gasteiger partial charge in [0.15, 0.2) is 6.29 Å². The van der Waals surface area contributed by atoms with Gasteiger partial charge in [-0.3, -0.25) is 4.79 Å². The summed E-state index contributed by atoms with van der Waals surface area (Å²) in [6.45, 7) is 0. The van der Waals surface area contributed by atoms with Crippen molar-refractivity contribution in [1.82, 2.24) is 13.5 Å². The van der Waals surface area contributed by atoms with Crippen molar-refractivity contribution in [3.8, 4) is 0 Å². The highest BCUT2D eigenvalue weighted by atomic mass is 32.2. The maximum absolute atomic E-state index is 11.4. The normalized spacial score (nSPS) is 11.9. The molecule has 0 spiro atoms. The highest BCUT2D eigenvalue weighted by molar-refractivity contribution is 7.87. The Labute approximate surface area is 76.0 Å². The summed E-state index contributed by atoms with van der Waals surface area (Å²) < 4.78 is 24.5. The van der Waals surface area contributed by atoms with E-state index in [4.69, 9.17) is 0 Å². The molecule has 1 aromatic heterocycles. The predicted octanol–water partition coefficient (Wildman–Crippen LogP) is -0.650. The molecule has 0 bridgehead atoms. The SMILES string of the molecule is CN(C)S(=O)(=O)n1cc(C=O)cn1. The van der Waals surface area contributed by atoms with E-state index in [0.29, 0.717) is 6.29 Å². The minimum Gasteiger partial charge on any atom is -0.298 e. The Morgan fingerprint density at radius 2 is 2.15 bits per heavy atom. The summed E-state index contributed by atoms with van der Waals surface area (Å²) >= 11 is 0. The summed E-state index contributed by atoms with van der Waals surface area (Å²) in [5, 5.41) is 3.54. The molecule has 1 heterocycles. The predicted molar refractivity (Wildman–Crippen MR) is 45.6 cm³/mol. The van der Waals surface area contributed by atoms with Crippen LogP contribution in [0.5, 0.6) is 0 Å². The van der Waals surface area contributed by atoms with Gasteiger partial charge in [0.05, 0.1) is 18.0 Å². The number of hydrogen-bond donors (Lipinski definition) is 0. The monoisotopic (exact) mass is 203 g/mol. The Balaban J connectivity index is 3.16. The first kappa shape index (κ1) is 9.87. The van der Waals surface area contributed by atoms with Crippen LogP contribution < -0.4 is 0 Å². The third kappa shape index (κ3) is 1.76. The van der Waals surface area contributed by atoms with Crippen molar-refractivity contribution in [2.75, 3.05) is 14.1 Å². The Morgan fingerprint density at radius 3 is 2.54 bits per heavy atom. The Morgan fingerprint density at radius 1 is 1.54 bits per heavy atom. The average Bonchev–Trinajstić information content (AvgIpc) is 2.51. The van der Waals surface area contributed by atoms with Crippen molar-refractivity contribution in [1.29, 1.82) is 0 Å². The maximum atomic E-state index is 11.4. The van der Waals surface area contributed by atoms with Crippen molar-refractivity contribution in [3.63, 3.8) is 0 Å². The molecule has 0 amide bonds. The van der Waals surface area contributed by atoms with Crippen LogP contribution in [-0.2, 0) is 10.2 Å². The van der Waals surface area contributed by atoms with Crippen molar-refractivity contribution in [2.45, 2.75) is 0 Å². The van der Waals surface area contributed by atoms with E-state index in [0.717, 1.165) is 14.6 Å². The molecule has 0 atom stereocenters. The van der Waals surface area contributed by atoms with Gasteiger partial charge in [-0.05, 0) is 0 Å². The van der Waals surface area contributed by atoms with Crippen LogP contribution in [0.15, 0.2) is 12.4 Å². The standard InChI is InChI=1S/C6H9N3O3S/c1-8(2)13(11,12)9-4-6(5-10)3-7-9/h3-5H,1-2H3. The first-order valence-corrected chi connectivity index (χ1v) is 4.81. The van der Waals surface area contributed by atoms with Crippen LogP contribution in [0.3, 0.4) is 0 Å². The lowest BCUT2D eigenvalue weighted by Crippen LogP contribution is -2.29. The Hall–Kier alpha value is -1.21.